The van der Waals surface area contributed by atoms with E-state index in [0.717, 1.165) is 11.0 Å². The van der Waals surface area contributed by atoms with Gasteiger partial charge in [0.2, 0.25) is 5.78 Å². The van der Waals surface area contributed by atoms with Gasteiger partial charge in [0.25, 0.3) is 5.91 Å². The van der Waals surface area contributed by atoms with E-state index >= 15 is 0 Å². The number of quaternary nitrogens is 1. The molecule has 14 heteroatoms. The van der Waals surface area contributed by atoms with Gasteiger partial charge in [0.15, 0.2) is 11.4 Å². The summed E-state index contributed by atoms with van der Waals surface area (Å²) in [5.41, 5.74) is -3.89. The number of carbonyl (C=O) groups excluding carboxylic acids is 3. The second-order valence-electron chi connectivity index (χ2n) is 14.2. The number of Topliss-reactive ketones (excluding diaryl/α,β-unsaturated/α-hetero) is 2. The van der Waals surface area contributed by atoms with Crippen molar-refractivity contribution in [3.8, 4) is 5.75 Å². The third kappa shape index (κ3) is 4.10. The summed E-state index contributed by atoms with van der Waals surface area (Å²) in [6.45, 7) is 3.11. The number of rotatable bonds is 5. The number of aliphatic hydroxyl groups is 4. The fourth-order valence-corrected chi connectivity index (χ4v) is 9.00. The molecule has 5 atom stereocenters. The van der Waals surface area contributed by atoms with Crippen LogP contribution in [0.25, 0.3) is 5.76 Å². The number of amides is 1. The Morgan fingerprint density at radius 3 is 2.31 bits per heavy atom. The highest BCUT2D eigenvalue weighted by Crippen LogP contribution is 2.57. The van der Waals surface area contributed by atoms with Gasteiger partial charge in [0.05, 0.1) is 43.5 Å². The molecule has 0 bridgehead atoms. The van der Waals surface area contributed by atoms with Crippen LogP contribution in [-0.4, -0.2) is 118 Å². The van der Waals surface area contributed by atoms with Gasteiger partial charge in [0.1, 0.15) is 29.5 Å². The van der Waals surface area contributed by atoms with E-state index in [1.54, 1.807) is 14.1 Å². The standard InChI is InChI=1S/C34H40BN3O10/c1-18-8-10-19(11-9-18)35-38(12-14-47-35,13-15-48-35)17-36-32(44)26-29(41)27(37(3)4)22-16-21-25(30(42)34(22,46)31(26)43)28(40)24-20(33(21,2)45)6-5-7-23(24)39/h5-11,21-22,27,39-40,43,45-46H,12-17H2,1-4H3,(H,36,44). The Morgan fingerprint density at radius 2 is 1.69 bits per heavy atom. The molecule has 1 amide bonds. The van der Waals surface area contributed by atoms with Gasteiger partial charge in [-0.3, -0.25) is 19.3 Å². The second-order valence-corrected chi connectivity index (χ2v) is 14.2. The summed E-state index contributed by atoms with van der Waals surface area (Å²) >= 11 is 0. The first kappa shape index (κ1) is 32.5. The van der Waals surface area contributed by atoms with Crippen LogP contribution in [0.3, 0.4) is 0 Å². The van der Waals surface area contributed by atoms with Crippen LogP contribution < -0.4 is 10.8 Å². The summed E-state index contributed by atoms with van der Waals surface area (Å²) in [5.74, 6) is -7.52. The molecule has 2 aromatic rings. The largest absolute Gasteiger partial charge is 0.508 e. The van der Waals surface area contributed by atoms with E-state index in [2.05, 4.69) is 5.32 Å². The van der Waals surface area contributed by atoms with Crippen LogP contribution in [0.4, 0.5) is 0 Å². The average molecular weight is 662 g/mol. The molecule has 1 saturated carbocycles. The smallest absolute Gasteiger partial charge is 0.504 e. The van der Waals surface area contributed by atoms with E-state index in [-0.39, 0.29) is 28.6 Å². The highest BCUT2D eigenvalue weighted by Gasteiger charge is 2.67. The number of phenolic OH excluding ortho intramolecular Hbond substituents is 1. The summed E-state index contributed by atoms with van der Waals surface area (Å²) in [5, 5.41) is 60.4. The van der Waals surface area contributed by atoms with E-state index < -0.39 is 81.7 Å². The minimum atomic E-state index is -2.80. The number of benzene rings is 2. The number of aliphatic hydroxyl groups excluding tert-OH is 2. The number of hydrogen-bond donors (Lipinski definition) is 6. The molecule has 0 aromatic heterocycles. The zero-order valence-electron chi connectivity index (χ0n) is 27.3. The maximum Gasteiger partial charge on any atom is 0.504 e. The van der Waals surface area contributed by atoms with Crippen LogP contribution >= 0.6 is 0 Å². The molecule has 3 fully saturated rings. The van der Waals surface area contributed by atoms with Crippen LogP contribution in [0.2, 0.25) is 0 Å². The van der Waals surface area contributed by atoms with Crippen LogP contribution in [0.1, 0.15) is 30.0 Å². The third-order valence-electron chi connectivity index (χ3n) is 11.5. The van der Waals surface area contributed by atoms with Crippen molar-refractivity contribution in [2.24, 2.45) is 11.8 Å². The van der Waals surface area contributed by atoms with Crippen molar-refractivity contribution >= 4 is 35.4 Å². The molecule has 3 aliphatic carbocycles. The summed E-state index contributed by atoms with van der Waals surface area (Å²) < 4.78 is 12.7. The van der Waals surface area contributed by atoms with E-state index in [1.807, 2.05) is 31.2 Å². The predicted octanol–water partition coefficient (Wildman–Crippen LogP) is 0.249. The first-order chi connectivity index (χ1) is 22.6. The fourth-order valence-electron chi connectivity index (χ4n) is 9.00. The molecule has 2 saturated heterocycles. The molecule has 2 aromatic carbocycles. The Bertz CT molecular complexity index is 1810. The van der Waals surface area contributed by atoms with Gasteiger partial charge in [-0.25, -0.2) is 0 Å². The van der Waals surface area contributed by atoms with E-state index in [0.29, 0.717) is 26.3 Å². The average Bonchev–Trinajstić information content (AvgIpc) is 3.57. The summed E-state index contributed by atoms with van der Waals surface area (Å²) in [6.07, 6.45) is -0.215. The Balaban J connectivity index is 1.28. The number of fused-ring (bicyclic) bond motifs is 4. The van der Waals surface area contributed by atoms with Crippen LogP contribution in [0.5, 0.6) is 5.75 Å². The minimum absolute atomic E-state index is 0.0217. The number of likely N-dealkylation sites (N-methyl/N-ethyl adjacent to an activating group) is 1. The Labute approximate surface area is 277 Å². The second kappa shape index (κ2) is 10.7. The SMILES string of the molecule is Cc1ccc([B-]23OCC[N+]2(CNC(=O)C2=C(O)C4(O)C(=O)C5=C(O)c6c(O)cccc6C(C)(O)C5CC4C(N(C)C)C2=O)CCO3)cc1. The fraction of sp³-hybridized carbons (Fsp3) is 0.441. The summed E-state index contributed by atoms with van der Waals surface area (Å²) in [4.78, 5) is 44.0. The van der Waals surface area contributed by atoms with E-state index in [4.69, 9.17) is 9.31 Å². The Morgan fingerprint density at radius 1 is 1.04 bits per heavy atom. The van der Waals surface area contributed by atoms with E-state index in [1.165, 1.54) is 30.0 Å². The van der Waals surface area contributed by atoms with Crippen molar-refractivity contribution in [3.63, 3.8) is 0 Å². The predicted molar refractivity (Wildman–Crippen MR) is 172 cm³/mol. The molecule has 0 radical (unpaired) electrons. The highest BCUT2D eigenvalue weighted by molar-refractivity contribution is 6.75. The van der Waals surface area contributed by atoms with Crippen molar-refractivity contribution in [3.05, 3.63) is 76.1 Å². The normalized spacial score (nSPS) is 35.8. The molecule has 0 spiro atoms. The lowest BCUT2D eigenvalue weighted by molar-refractivity contribution is -0.822. The van der Waals surface area contributed by atoms with Crippen molar-refractivity contribution < 1.29 is 53.6 Å². The van der Waals surface area contributed by atoms with Crippen LogP contribution in [0.15, 0.2) is 59.4 Å². The molecular formula is C34H40BN3O10. The van der Waals surface area contributed by atoms with Gasteiger partial charge >= 0.3 is 6.69 Å². The van der Waals surface area contributed by atoms with Gasteiger partial charge in [-0.1, -0.05) is 47.4 Å². The zero-order chi connectivity index (χ0) is 34.6. The molecule has 254 valence electrons. The third-order valence-corrected chi connectivity index (χ3v) is 11.5. The van der Waals surface area contributed by atoms with Crippen LogP contribution in [0, 0.1) is 18.8 Å². The van der Waals surface area contributed by atoms with Crippen LogP contribution in [-0.2, 0) is 29.3 Å². The Hall–Kier alpha value is -4.05. The molecule has 2 heterocycles. The lowest BCUT2D eigenvalue weighted by Gasteiger charge is -2.53. The summed E-state index contributed by atoms with van der Waals surface area (Å²) in [7, 11) is 3.11. The number of ketones is 2. The van der Waals surface area contributed by atoms with Crippen molar-refractivity contribution in [2.75, 3.05) is 47.1 Å². The molecule has 7 rings (SSSR count). The van der Waals surface area contributed by atoms with Crippen molar-refractivity contribution in [2.45, 2.75) is 37.5 Å². The zero-order valence-corrected chi connectivity index (χ0v) is 27.3. The molecular weight excluding hydrogens is 621 g/mol. The van der Waals surface area contributed by atoms with Crippen molar-refractivity contribution in [1.82, 2.24) is 10.2 Å². The van der Waals surface area contributed by atoms with Gasteiger partial charge < -0.3 is 44.6 Å². The molecule has 2 aliphatic heterocycles. The molecule has 5 unspecified atom stereocenters. The van der Waals surface area contributed by atoms with E-state index in [9.17, 15) is 39.9 Å². The Kier molecular flexibility index (Phi) is 7.26. The highest BCUT2D eigenvalue weighted by atomic mass is 16.6. The number of nitrogens with one attached hydrogen (secondary N) is 1. The number of nitrogens with zero attached hydrogens (tertiary/aromatic N) is 2. The molecule has 5 aliphatic rings. The lowest BCUT2D eigenvalue weighted by Crippen LogP contribution is -2.72. The first-order valence-corrected chi connectivity index (χ1v) is 16.2. The maximum atomic E-state index is 14.4. The first-order valence-electron chi connectivity index (χ1n) is 16.2. The topological polar surface area (TPSA) is 186 Å². The summed E-state index contributed by atoms with van der Waals surface area (Å²) in [6, 6.07) is 10.8. The number of hydrogen-bond acceptors (Lipinski definition) is 11. The number of carbonyl (C=O) groups is 3. The molecule has 6 N–H and O–H groups in total. The molecule has 13 nitrogen and oxygen atoms in total. The minimum Gasteiger partial charge on any atom is -0.508 e. The van der Waals surface area contributed by atoms with Gasteiger partial charge in [-0.15, -0.1) is 0 Å². The monoisotopic (exact) mass is 661 g/mol. The number of aryl methyl sites for hydroxylation is 1. The van der Waals surface area contributed by atoms with Crippen molar-refractivity contribution in [1.29, 1.82) is 0 Å². The van der Waals surface area contributed by atoms with Gasteiger partial charge in [-0.05, 0) is 46.0 Å². The lowest BCUT2D eigenvalue weighted by atomic mass is 9.54. The van der Waals surface area contributed by atoms with Gasteiger partial charge in [0, 0.05) is 17.4 Å². The number of phenols is 1. The maximum absolute atomic E-state index is 14.4. The molecule has 48 heavy (non-hydrogen) atoms. The quantitative estimate of drug-likeness (QED) is 0.191. The van der Waals surface area contributed by atoms with Gasteiger partial charge in [-0.2, -0.15) is 0 Å². The number of aromatic hydroxyl groups is 1.